The second kappa shape index (κ2) is 6.83. The van der Waals surface area contributed by atoms with Gasteiger partial charge in [0, 0.05) is 10.9 Å². The van der Waals surface area contributed by atoms with Crippen LogP contribution < -0.4 is 15.7 Å². The summed E-state index contributed by atoms with van der Waals surface area (Å²) in [5.41, 5.74) is 2.36. The highest BCUT2D eigenvalue weighted by atomic mass is 16.5. The van der Waals surface area contributed by atoms with Crippen LogP contribution in [0.5, 0.6) is 11.5 Å². The number of aromatic nitrogens is 2. The number of phenols is 1. The van der Waals surface area contributed by atoms with E-state index in [1.807, 2.05) is 0 Å². The summed E-state index contributed by atoms with van der Waals surface area (Å²) >= 11 is 0. The number of carbonyl (C=O) groups excluding carboxylic acids is 1. The van der Waals surface area contributed by atoms with Crippen LogP contribution in [0.25, 0.3) is 10.8 Å². The van der Waals surface area contributed by atoms with E-state index in [4.69, 9.17) is 4.74 Å². The summed E-state index contributed by atoms with van der Waals surface area (Å²) in [7, 11) is 1.44. The highest BCUT2D eigenvalue weighted by Gasteiger charge is 2.13. The summed E-state index contributed by atoms with van der Waals surface area (Å²) in [5, 5.41) is 20.6. The predicted molar refractivity (Wildman–Crippen MR) is 92.1 cm³/mol. The van der Waals surface area contributed by atoms with Crippen LogP contribution >= 0.6 is 0 Å². The molecule has 0 aliphatic heterocycles. The molecule has 1 heterocycles. The zero-order chi connectivity index (χ0) is 17.8. The first-order valence-corrected chi connectivity index (χ1v) is 7.28. The SMILES string of the molecule is COc1cccc(/C=N/NC(=O)c2n[nH]c(=O)c3ccccc23)c1O. The topological polar surface area (TPSA) is 117 Å². The molecule has 8 heteroatoms. The minimum Gasteiger partial charge on any atom is -0.504 e. The number of fused-ring (bicyclic) bond motifs is 1. The van der Waals surface area contributed by atoms with E-state index in [1.54, 1.807) is 42.5 Å². The van der Waals surface area contributed by atoms with Gasteiger partial charge < -0.3 is 9.84 Å². The number of nitrogens with zero attached hydrogens (tertiary/aromatic N) is 2. The Balaban J connectivity index is 1.85. The van der Waals surface area contributed by atoms with Gasteiger partial charge in [-0.2, -0.15) is 10.2 Å². The molecular weight excluding hydrogens is 324 g/mol. The summed E-state index contributed by atoms with van der Waals surface area (Å²) in [6, 6.07) is 11.5. The lowest BCUT2D eigenvalue weighted by Crippen LogP contribution is -2.22. The number of carbonyl (C=O) groups is 1. The Bertz CT molecular complexity index is 1030. The summed E-state index contributed by atoms with van der Waals surface area (Å²) in [6.07, 6.45) is 1.28. The molecule has 1 aromatic heterocycles. The number of phenolic OH excluding ortho intramolecular Hbond substituents is 1. The van der Waals surface area contributed by atoms with Crippen molar-refractivity contribution >= 4 is 22.9 Å². The average molecular weight is 338 g/mol. The van der Waals surface area contributed by atoms with E-state index < -0.39 is 5.91 Å². The van der Waals surface area contributed by atoms with Crippen LogP contribution in [0.2, 0.25) is 0 Å². The fraction of sp³-hybridized carbons (Fsp3) is 0.0588. The van der Waals surface area contributed by atoms with E-state index >= 15 is 0 Å². The number of methoxy groups -OCH3 is 1. The number of aromatic hydroxyl groups is 1. The molecule has 8 nitrogen and oxygen atoms in total. The molecule has 0 bridgehead atoms. The number of hydrogen-bond donors (Lipinski definition) is 3. The molecular formula is C17H14N4O4. The molecule has 2 aromatic carbocycles. The molecule has 3 aromatic rings. The summed E-state index contributed by atoms with van der Waals surface area (Å²) in [6.45, 7) is 0. The fourth-order valence-corrected chi connectivity index (χ4v) is 2.31. The van der Waals surface area contributed by atoms with E-state index in [1.165, 1.54) is 13.3 Å². The molecule has 126 valence electrons. The Hall–Kier alpha value is -3.68. The van der Waals surface area contributed by atoms with Gasteiger partial charge in [0.25, 0.3) is 11.5 Å². The predicted octanol–water partition coefficient (Wildman–Crippen LogP) is 1.40. The van der Waals surface area contributed by atoms with Gasteiger partial charge >= 0.3 is 0 Å². The molecule has 1 amide bonds. The van der Waals surface area contributed by atoms with Crippen LogP contribution in [0.1, 0.15) is 16.1 Å². The fourth-order valence-electron chi connectivity index (χ4n) is 2.31. The number of nitrogens with one attached hydrogen (secondary N) is 2. The van der Waals surface area contributed by atoms with Crippen molar-refractivity contribution in [3.8, 4) is 11.5 Å². The lowest BCUT2D eigenvalue weighted by molar-refractivity contribution is 0.0951. The maximum atomic E-state index is 12.3. The van der Waals surface area contributed by atoms with Gasteiger partial charge in [-0.1, -0.05) is 24.3 Å². The van der Waals surface area contributed by atoms with E-state index in [0.717, 1.165) is 0 Å². The second-order valence-electron chi connectivity index (χ2n) is 5.04. The molecule has 0 spiro atoms. The van der Waals surface area contributed by atoms with Crippen LogP contribution in [0.3, 0.4) is 0 Å². The number of hydrogen-bond acceptors (Lipinski definition) is 6. The maximum absolute atomic E-state index is 12.3. The summed E-state index contributed by atoms with van der Waals surface area (Å²) < 4.78 is 5.00. The number of amides is 1. The molecule has 0 fully saturated rings. The molecule has 0 saturated heterocycles. The number of aromatic amines is 1. The van der Waals surface area contributed by atoms with Gasteiger partial charge in [-0.15, -0.1) is 0 Å². The summed E-state index contributed by atoms with van der Waals surface area (Å²) in [4.78, 5) is 24.0. The largest absolute Gasteiger partial charge is 0.504 e. The quantitative estimate of drug-likeness (QED) is 0.491. The molecule has 0 unspecified atom stereocenters. The van der Waals surface area contributed by atoms with Crippen LogP contribution in [0, 0.1) is 0 Å². The maximum Gasteiger partial charge on any atom is 0.292 e. The second-order valence-corrected chi connectivity index (χ2v) is 5.04. The standard InChI is InChI=1S/C17H14N4O4/c1-25-13-8-4-5-10(15(13)22)9-18-20-17(24)14-11-6-2-3-7-12(11)16(23)21-19-14/h2-9,22H,1H3,(H,20,24)(H,21,23)/b18-9+. The molecule has 0 saturated carbocycles. The van der Waals surface area contributed by atoms with Gasteiger partial charge in [-0.25, -0.2) is 10.5 Å². The van der Waals surface area contributed by atoms with Gasteiger partial charge in [-0.05, 0) is 18.2 Å². The molecule has 0 atom stereocenters. The Labute approximate surface area is 141 Å². The number of H-pyrrole nitrogens is 1. The average Bonchev–Trinajstić information content (AvgIpc) is 2.63. The van der Waals surface area contributed by atoms with Crippen molar-refractivity contribution in [3.05, 3.63) is 64.1 Å². The highest BCUT2D eigenvalue weighted by Crippen LogP contribution is 2.27. The third kappa shape index (κ3) is 3.18. The van der Waals surface area contributed by atoms with Gasteiger partial charge in [0.05, 0.1) is 18.7 Å². The number of benzene rings is 2. The zero-order valence-corrected chi connectivity index (χ0v) is 13.2. The Kier molecular flexibility index (Phi) is 4.42. The number of para-hydroxylation sites is 1. The Morgan fingerprint density at radius 3 is 2.76 bits per heavy atom. The number of ether oxygens (including phenoxy) is 1. The number of hydrazone groups is 1. The molecule has 3 N–H and O–H groups in total. The van der Waals surface area contributed by atoms with Crippen molar-refractivity contribution < 1.29 is 14.6 Å². The number of rotatable bonds is 4. The third-order valence-corrected chi connectivity index (χ3v) is 3.53. The monoisotopic (exact) mass is 338 g/mol. The van der Waals surface area contributed by atoms with Crippen molar-refractivity contribution in [3.63, 3.8) is 0 Å². The van der Waals surface area contributed by atoms with Crippen molar-refractivity contribution in [2.75, 3.05) is 7.11 Å². The van der Waals surface area contributed by atoms with Gasteiger partial charge in [0.15, 0.2) is 17.2 Å². The molecule has 25 heavy (non-hydrogen) atoms. The third-order valence-electron chi connectivity index (χ3n) is 3.53. The van der Waals surface area contributed by atoms with Crippen LogP contribution in [-0.4, -0.2) is 34.5 Å². The first-order valence-electron chi connectivity index (χ1n) is 7.28. The van der Waals surface area contributed by atoms with Crippen LogP contribution in [-0.2, 0) is 0 Å². The molecule has 0 radical (unpaired) electrons. The molecule has 0 aliphatic carbocycles. The van der Waals surface area contributed by atoms with Crippen molar-refractivity contribution in [1.82, 2.24) is 15.6 Å². The van der Waals surface area contributed by atoms with Crippen molar-refractivity contribution in [1.29, 1.82) is 0 Å². The first kappa shape index (κ1) is 16.2. The molecule has 0 aliphatic rings. The van der Waals surface area contributed by atoms with E-state index in [9.17, 15) is 14.7 Å². The normalized spacial score (nSPS) is 10.9. The molecule has 3 rings (SSSR count). The summed E-state index contributed by atoms with van der Waals surface area (Å²) in [5.74, 6) is -0.384. The zero-order valence-electron chi connectivity index (χ0n) is 13.2. The minimum atomic E-state index is -0.592. The highest BCUT2D eigenvalue weighted by molar-refractivity contribution is 6.04. The van der Waals surface area contributed by atoms with E-state index in [0.29, 0.717) is 22.1 Å². The van der Waals surface area contributed by atoms with Crippen LogP contribution in [0.15, 0.2) is 52.4 Å². The van der Waals surface area contributed by atoms with Gasteiger partial charge in [0.1, 0.15) is 0 Å². The minimum absolute atomic E-state index is 0.0437. The lowest BCUT2D eigenvalue weighted by Gasteiger charge is -2.05. The van der Waals surface area contributed by atoms with E-state index in [2.05, 4.69) is 20.7 Å². The van der Waals surface area contributed by atoms with Crippen molar-refractivity contribution in [2.24, 2.45) is 5.10 Å². The van der Waals surface area contributed by atoms with Gasteiger partial charge in [-0.3, -0.25) is 9.59 Å². The van der Waals surface area contributed by atoms with Gasteiger partial charge in [0.2, 0.25) is 0 Å². The van der Waals surface area contributed by atoms with E-state index in [-0.39, 0.29) is 17.0 Å². The van der Waals surface area contributed by atoms with Crippen molar-refractivity contribution in [2.45, 2.75) is 0 Å². The first-order chi connectivity index (χ1) is 12.1. The van der Waals surface area contributed by atoms with Crippen LogP contribution in [0.4, 0.5) is 0 Å². The smallest absolute Gasteiger partial charge is 0.292 e. The Morgan fingerprint density at radius 1 is 1.24 bits per heavy atom. The lowest BCUT2D eigenvalue weighted by atomic mass is 10.1. The Morgan fingerprint density at radius 2 is 2.00 bits per heavy atom.